The highest BCUT2D eigenvalue weighted by Crippen LogP contribution is 2.42. The maximum atomic E-state index is 12.7. The molecule has 0 bridgehead atoms. The Bertz CT molecular complexity index is 969. The standard InChI is InChI=1S/C18H23N5O8S2/c1-3-10(24)30-8-31-16(27)18(6-29-2)5-23-14(26)12(15(23)33-7-18)21-13(25)11(22-28)9-4-32-17(19)20-9/h4,12,15,28H,3,5-8H2,1-2H3,(H2,19,20)(H,21,25)/t12?,15-,18?/m1/s1. The van der Waals surface area contributed by atoms with Crippen molar-refractivity contribution in [3.8, 4) is 0 Å². The number of carbonyl (C=O) groups excluding carboxylic acids is 4. The van der Waals surface area contributed by atoms with Crippen LogP contribution in [0.5, 0.6) is 0 Å². The Balaban J connectivity index is 1.63. The molecule has 0 radical (unpaired) electrons. The Morgan fingerprint density at radius 2 is 2.18 bits per heavy atom. The van der Waals surface area contributed by atoms with Crippen LogP contribution in [0, 0.1) is 5.41 Å². The number of anilines is 1. The van der Waals surface area contributed by atoms with E-state index in [0.717, 1.165) is 11.3 Å². The van der Waals surface area contributed by atoms with Gasteiger partial charge in [0.1, 0.15) is 22.5 Å². The number of oxime groups is 1. The highest BCUT2D eigenvalue weighted by molar-refractivity contribution is 8.00. The lowest BCUT2D eigenvalue weighted by Crippen LogP contribution is -2.74. The van der Waals surface area contributed by atoms with Crippen molar-refractivity contribution >= 4 is 57.7 Å². The van der Waals surface area contributed by atoms with Crippen LogP contribution >= 0.6 is 23.1 Å². The maximum absolute atomic E-state index is 12.7. The fourth-order valence-electron chi connectivity index (χ4n) is 3.40. The number of rotatable bonds is 9. The maximum Gasteiger partial charge on any atom is 0.319 e. The van der Waals surface area contributed by atoms with Gasteiger partial charge in [-0.1, -0.05) is 12.1 Å². The highest BCUT2D eigenvalue weighted by Gasteiger charge is 2.58. The van der Waals surface area contributed by atoms with Crippen molar-refractivity contribution in [2.45, 2.75) is 24.8 Å². The first-order valence-corrected chi connectivity index (χ1v) is 11.7. The molecule has 3 heterocycles. The molecule has 180 valence electrons. The number of β-lactam (4-membered cyclic amide) rings is 1. The van der Waals surface area contributed by atoms with Crippen LogP contribution in [-0.4, -0.2) is 88.8 Å². The summed E-state index contributed by atoms with van der Waals surface area (Å²) in [6, 6.07) is -0.877. The number of ether oxygens (including phenoxy) is 3. The molecule has 2 fully saturated rings. The normalized spacial score (nSPS) is 24.5. The van der Waals surface area contributed by atoms with Crippen LogP contribution in [0.1, 0.15) is 19.0 Å². The third-order valence-corrected chi connectivity index (χ3v) is 7.32. The van der Waals surface area contributed by atoms with Crippen molar-refractivity contribution < 1.29 is 38.6 Å². The smallest absolute Gasteiger partial charge is 0.319 e. The molecule has 15 heteroatoms. The van der Waals surface area contributed by atoms with E-state index in [-0.39, 0.29) is 41.9 Å². The van der Waals surface area contributed by atoms with E-state index in [4.69, 9.17) is 19.9 Å². The van der Waals surface area contributed by atoms with Crippen LogP contribution in [0.25, 0.3) is 0 Å². The van der Waals surface area contributed by atoms with Crippen molar-refractivity contribution in [2.75, 3.05) is 38.5 Å². The molecule has 2 aliphatic rings. The summed E-state index contributed by atoms with van der Waals surface area (Å²) in [6.07, 6.45) is 0.145. The van der Waals surface area contributed by atoms with E-state index in [9.17, 15) is 24.4 Å². The van der Waals surface area contributed by atoms with E-state index in [0.29, 0.717) is 0 Å². The summed E-state index contributed by atoms with van der Waals surface area (Å²) < 4.78 is 15.1. The fourth-order valence-corrected chi connectivity index (χ4v) is 5.46. The highest BCUT2D eigenvalue weighted by atomic mass is 32.2. The number of methoxy groups -OCH3 is 1. The van der Waals surface area contributed by atoms with Gasteiger partial charge in [-0.3, -0.25) is 19.2 Å². The molecule has 0 spiro atoms. The Hall–Kier alpha value is -2.91. The number of thioether (sulfide) groups is 1. The molecule has 4 N–H and O–H groups in total. The molecular formula is C18H23N5O8S2. The number of fused-ring (bicyclic) bond motifs is 1. The lowest BCUT2D eigenvalue weighted by molar-refractivity contribution is -0.179. The summed E-state index contributed by atoms with van der Waals surface area (Å²) in [5.41, 5.74) is 4.11. The zero-order chi connectivity index (χ0) is 24.2. The topological polar surface area (TPSA) is 183 Å². The molecule has 0 aliphatic carbocycles. The number of amides is 2. The van der Waals surface area contributed by atoms with Crippen LogP contribution < -0.4 is 11.1 Å². The van der Waals surface area contributed by atoms with E-state index < -0.39 is 47.4 Å². The fraction of sp³-hybridized carbons (Fsp3) is 0.556. The zero-order valence-corrected chi connectivity index (χ0v) is 19.4. The van der Waals surface area contributed by atoms with Crippen molar-refractivity contribution in [1.29, 1.82) is 0 Å². The van der Waals surface area contributed by atoms with Gasteiger partial charge in [-0.15, -0.1) is 23.1 Å². The minimum atomic E-state index is -1.16. The third kappa shape index (κ3) is 5.04. The first-order valence-electron chi connectivity index (χ1n) is 9.74. The van der Waals surface area contributed by atoms with E-state index in [1.165, 1.54) is 29.2 Å². The van der Waals surface area contributed by atoms with E-state index in [1.54, 1.807) is 6.92 Å². The monoisotopic (exact) mass is 501 g/mol. The van der Waals surface area contributed by atoms with Gasteiger partial charge in [0.05, 0.1) is 6.61 Å². The summed E-state index contributed by atoms with van der Waals surface area (Å²) in [5.74, 6) is -2.13. The minimum Gasteiger partial charge on any atom is -0.428 e. The average molecular weight is 502 g/mol. The number of hydrogen-bond acceptors (Lipinski definition) is 13. The SMILES string of the molecule is CCC(=O)OCOC(=O)C1(COC)CS[C@@H]2C(NC(=O)C(=NO)c3csc(N)n3)C(=O)N2C1. The second-order valence-electron chi connectivity index (χ2n) is 7.27. The molecule has 2 amide bonds. The largest absolute Gasteiger partial charge is 0.428 e. The average Bonchev–Trinajstić information content (AvgIpc) is 3.23. The first kappa shape index (κ1) is 24.7. The van der Waals surface area contributed by atoms with Crippen LogP contribution in [0.4, 0.5) is 5.13 Å². The second-order valence-corrected chi connectivity index (χ2v) is 9.27. The number of carbonyl (C=O) groups is 4. The molecule has 1 aromatic rings. The van der Waals surface area contributed by atoms with E-state index >= 15 is 0 Å². The summed E-state index contributed by atoms with van der Waals surface area (Å²) in [7, 11) is 1.42. The number of nitrogens with two attached hydrogens (primary N) is 1. The van der Waals surface area contributed by atoms with Gasteiger partial charge in [-0.05, 0) is 0 Å². The Labute approximate surface area is 196 Å². The number of aromatic nitrogens is 1. The van der Waals surface area contributed by atoms with Crippen molar-refractivity contribution in [3.05, 3.63) is 11.1 Å². The van der Waals surface area contributed by atoms with Gasteiger partial charge in [-0.25, -0.2) is 4.98 Å². The number of hydrogen-bond donors (Lipinski definition) is 3. The number of nitrogens with one attached hydrogen (secondary N) is 1. The predicted molar refractivity (Wildman–Crippen MR) is 116 cm³/mol. The Morgan fingerprint density at radius 3 is 2.79 bits per heavy atom. The predicted octanol–water partition coefficient (Wildman–Crippen LogP) is -0.610. The molecular weight excluding hydrogens is 478 g/mol. The van der Waals surface area contributed by atoms with Crippen LogP contribution in [0.15, 0.2) is 10.5 Å². The second kappa shape index (κ2) is 10.4. The van der Waals surface area contributed by atoms with Crippen molar-refractivity contribution in [3.63, 3.8) is 0 Å². The number of nitrogens with zero attached hydrogens (tertiary/aromatic N) is 3. The van der Waals surface area contributed by atoms with E-state index in [1.807, 2.05) is 0 Å². The van der Waals surface area contributed by atoms with Crippen LogP contribution in [0.2, 0.25) is 0 Å². The summed E-state index contributed by atoms with van der Waals surface area (Å²) >= 11 is 2.34. The molecule has 1 aromatic heterocycles. The molecule has 2 saturated heterocycles. The van der Waals surface area contributed by atoms with Crippen LogP contribution in [-0.2, 0) is 33.4 Å². The first-order chi connectivity index (χ1) is 15.8. The van der Waals surface area contributed by atoms with Crippen molar-refractivity contribution in [1.82, 2.24) is 15.2 Å². The van der Waals surface area contributed by atoms with Gasteiger partial charge < -0.3 is 35.4 Å². The van der Waals surface area contributed by atoms with Gasteiger partial charge in [0, 0.05) is 31.2 Å². The molecule has 3 atom stereocenters. The number of esters is 2. The Morgan fingerprint density at radius 1 is 1.42 bits per heavy atom. The summed E-state index contributed by atoms with van der Waals surface area (Å²) in [4.78, 5) is 54.6. The lowest BCUT2D eigenvalue weighted by Gasteiger charge is -2.53. The van der Waals surface area contributed by atoms with E-state index in [2.05, 4.69) is 15.5 Å². The lowest BCUT2D eigenvalue weighted by atomic mass is 9.88. The number of thiazole rings is 1. The molecule has 33 heavy (non-hydrogen) atoms. The zero-order valence-electron chi connectivity index (χ0n) is 17.8. The molecule has 0 aromatic carbocycles. The Kier molecular flexibility index (Phi) is 7.76. The molecule has 0 saturated carbocycles. The molecule has 2 unspecified atom stereocenters. The van der Waals surface area contributed by atoms with Crippen molar-refractivity contribution in [2.24, 2.45) is 10.6 Å². The van der Waals surface area contributed by atoms with Crippen LogP contribution in [0.3, 0.4) is 0 Å². The quantitative estimate of drug-likeness (QED) is 0.0980. The minimum absolute atomic E-state index is 0.00777. The van der Waals surface area contributed by atoms with Gasteiger partial charge in [0.15, 0.2) is 10.8 Å². The third-order valence-electron chi connectivity index (χ3n) is 5.06. The van der Waals surface area contributed by atoms with Gasteiger partial charge in [0.25, 0.3) is 5.91 Å². The molecule has 2 aliphatic heterocycles. The van der Waals surface area contributed by atoms with Gasteiger partial charge in [-0.2, -0.15) is 0 Å². The summed E-state index contributed by atoms with van der Waals surface area (Å²) in [6.45, 7) is 1.08. The molecule has 13 nitrogen and oxygen atoms in total. The molecule has 3 rings (SSSR count). The number of nitrogen functional groups attached to an aromatic ring is 1. The summed E-state index contributed by atoms with van der Waals surface area (Å²) in [5, 5.41) is 16.0. The van der Waals surface area contributed by atoms with Gasteiger partial charge in [0.2, 0.25) is 12.7 Å². The van der Waals surface area contributed by atoms with Gasteiger partial charge >= 0.3 is 11.9 Å².